The van der Waals surface area contributed by atoms with E-state index in [0.717, 1.165) is 49.1 Å². The summed E-state index contributed by atoms with van der Waals surface area (Å²) in [5.74, 6) is 1.38. The predicted molar refractivity (Wildman–Crippen MR) is 141 cm³/mol. The highest BCUT2D eigenvalue weighted by Gasteiger charge is 2.33. The first-order valence-electron chi connectivity index (χ1n) is 12.8. The van der Waals surface area contributed by atoms with E-state index in [1.807, 2.05) is 24.3 Å². The van der Waals surface area contributed by atoms with E-state index in [-0.39, 0.29) is 29.3 Å². The number of ether oxygens (including phenoxy) is 2. The minimum Gasteiger partial charge on any atom is -0.490 e. The van der Waals surface area contributed by atoms with Gasteiger partial charge in [0.15, 0.2) is 9.84 Å². The Balaban J connectivity index is 1.38. The molecule has 2 aromatic heterocycles. The van der Waals surface area contributed by atoms with Crippen molar-refractivity contribution in [1.29, 1.82) is 0 Å². The van der Waals surface area contributed by atoms with Crippen molar-refractivity contribution in [2.75, 3.05) is 25.4 Å². The predicted octanol–water partition coefficient (Wildman–Crippen LogP) is 3.39. The Hall–Kier alpha value is -2.62. The van der Waals surface area contributed by atoms with E-state index in [0.29, 0.717) is 22.7 Å². The number of benzene rings is 1. The number of sulfone groups is 1. The SMILES string of the molecule is CCS(=O)(=O)Cc1ccc(OC2CC(OCC3CCNCC3)C2)c(-c2cn(C)c(=O)c3[nH]ccc23)c1. The Bertz CT molecular complexity index is 1380. The minimum absolute atomic E-state index is 0.0329. The Morgan fingerprint density at radius 1 is 1.08 bits per heavy atom. The average Bonchev–Trinajstić information content (AvgIpc) is 3.34. The van der Waals surface area contributed by atoms with Crippen LogP contribution in [0.15, 0.2) is 41.5 Å². The number of aryl methyl sites for hydroxylation is 1. The van der Waals surface area contributed by atoms with Crippen LogP contribution in [-0.4, -0.2) is 55.6 Å². The van der Waals surface area contributed by atoms with Gasteiger partial charge in [-0.3, -0.25) is 4.79 Å². The lowest BCUT2D eigenvalue weighted by atomic mass is 9.91. The molecule has 0 radical (unpaired) electrons. The molecule has 1 aliphatic carbocycles. The molecule has 0 unspecified atom stereocenters. The highest BCUT2D eigenvalue weighted by atomic mass is 32.2. The van der Waals surface area contributed by atoms with E-state index in [9.17, 15) is 13.2 Å². The van der Waals surface area contributed by atoms with E-state index in [2.05, 4.69) is 10.3 Å². The number of aromatic amines is 1. The molecule has 3 heterocycles. The molecule has 1 aliphatic heterocycles. The highest BCUT2D eigenvalue weighted by Crippen LogP contribution is 2.38. The van der Waals surface area contributed by atoms with Crippen molar-refractivity contribution in [3.05, 3.63) is 52.6 Å². The molecule has 2 N–H and O–H groups in total. The van der Waals surface area contributed by atoms with Crippen LogP contribution in [0.5, 0.6) is 5.75 Å². The summed E-state index contributed by atoms with van der Waals surface area (Å²) in [7, 11) is -1.48. The monoisotopic (exact) mass is 513 g/mol. The lowest BCUT2D eigenvalue weighted by molar-refractivity contribution is -0.0732. The molecule has 0 spiro atoms. The van der Waals surface area contributed by atoms with E-state index < -0.39 is 9.84 Å². The van der Waals surface area contributed by atoms with E-state index >= 15 is 0 Å². The van der Waals surface area contributed by atoms with Crippen molar-refractivity contribution in [3.63, 3.8) is 0 Å². The summed E-state index contributed by atoms with van der Waals surface area (Å²) in [6.45, 7) is 4.61. The van der Waals surface area contributed by atoms with Crippen LogP contribution in [0.1, 0.15) is 38.2 Å². The quantitative estimate of drug-likeness (QED) is 0.455. The third kappa shape index (κ3) is 5.38. The van der Waals surface area contributed by atoms with Gasteiger partial charge in [0.05, 0.1) is 11.9 Å². The Kier molecular flexibility index (Phi) is 7.23. The number of hydrogen-bond acceptors (Lipinski definition) is 6. The van der Waals surface area contributed by atoms with Crippen LogP contribution < -0.4 is 15.6 Å². The van der Waals surface area contributed by atoms with E-state index in [1.54, 1.807) is 30.9 Å². The topological polar surface area (TPSA) is 102 Å². The number of pyridine rings is 1. The summed E-state index contributed by atoms with van der Waals surface area (Å²) in [4.78, 5) is 15.6. The summed E-state index contributed by atoms with van der Waals surface area (Å²) < 4.78 is 38.8. The maximum Gasteiger partial charge on any atom is 0.274 e. The van der Waals surface area contributed by atoms with Gasteiger partial charge in [0.2, 0.25) is 0 Å². The molecule has 8 nitrogen and oxygen atoms in total. The van der Waals surface area contributed by atoms with Gasteiger partial charge in [-0.2, -0.15) is 0 Å². The minimum atomic E-state index is -3.19. The van der Waals surface area contributed by atoms with Crippen LogP contribution in [0.3, 0.4) is 0 Å². The summed E-state index contributed by atoms with van der Waals surface area (Å²) >= 11 is 0. The van der Waals surface area contributed by atoms with Crippen molar-refractivity contribution >= 4 is 20.7 Å². The van der Waals surface area contributed by atoms with Crippen LogP contribution in [0.4, 0.5) is 0 Å². The Morgan fingerprint density at radius 2 is 1.86 bits per heavy atom. The first-order valence-corrected chi connectivity index (χ1v) is 14.6. The van der Waals surface area contributed by atoms with Crippen LogP contribution >= 0.6 is 0 Å². The fourth-order valence-electron chi connectivity index (χ4n) is 5.07. The van der Waals surface area contributed by atoms with Crippen molar-refractivity contribution in [2.45, 2.75) is 50.6 Å². The van der Waals surface area contributed by atoms with Gasteiger partial charge in [-0.1, -0.05) is 13.0 Å². The summed E-state index contributed by atoms with van der Waals surface area (Å²) in [6, 6.07) is 7.45. The third-order valence-electron chi connectivity index (χ3n) is 7.43. The van der Waals surface area contributed by atoms with Crippen molar-refractivity contribution in [2.24, 2.45) is 13.0 Å². The zero-order valence-electron chi connectivity index (χ0n) is 21.0. The van der Waals surface area contributed by atoms with Crippen molar-refractivity contribution < 1.29 is 17.9 Å². The Labute approximate surface area is 211 Å². The fraction of sp³-hybridized carbons (Fsp3) is 0.519. The normalized spacial score (nSPS) is 20.9. The van der Waals surface area contributed by atoms with Gasteiger partial charge in [0.1, 0.15) is 17.4 Å². The van der Waals surface area contributed by atoms with E-state index in [4.69, 9.17) is 9.47 Å². The van der Waals surface area contributed by atoms with Gasteiger partial charge in [0, 0.05) is 61.2 Å². The molecule has 2 fully saturated rings. The number of rotatable bonds is 9. The van der Waals surface area contributed by atoms with Gasteiger partial charge in [0.25, 0.3) is 5.56 Å². The molecule has 194 valence electrons. The van der Waals surface area contributed by atoms with Crippen molar-refractivity contribution in [3.8, 4) is 16.9 Å². The van der Waals surface area contributed by atoms with E-state index in [1.165, 1.54) is 12.8 Å². The molecule has 0 amide bonds. The standard InChI is InChI=1S/C27H35N3O5S/c1-3-36(32,33)17-19-4-5-25(35-21-13-20(14-21)34-16-18-6-9-28-10-7-18)23(12-19)24-15-30(2)27(31)26-22(24)8-11-29-26/h4-5,8,11-12,15,18,20-21,28-29H,3,6-7,9-10,13-14,16-17H2,1-2H3. The largest absolute Gasteiger partial charge is 0.490 e. The second-order valence-electron chi connectivity index (χ2n) is 10.1. The lowest BCUT2D eigenvalue weighted by Crippen LogP contribution is -2.41. The number of piperidine rings is 1. The number of nitrogens with zero attached hydrogens (tertiary/aromatic N) is 1. The number of hydrogen-bond donors (Lipinski definition) is 2. The average molecular weight is 514 g/mol. The van der Waals surface area contributed by atoms with Crippen molar-refractivity contribution in [1.82, 2.24) is 14.9 Å². The molecule has 1 saturated heterocycles. The van der Waals surface area contributed by atoms with Gasteiger partial charge in [-0.15, -0.1) is 0 Å². The third-order valence-corrected chi connectivity index (χ3v) is 9.08. The van der Waals surface area contributed by atoms with Crippen LogP contribution in [0, 0.1) is 5.92 Å². The zero-order chi connectivity index (χ0) is 25.3. The second-order valence-corrected chi connectivity index (χ2v) is 12.4. The lowest BCUT2D eigenvalue weighted by Gasteiger charge is -2.37. The van der Waals surface area contributed by atoms with Gasteiger partial charge in [-0.05, 0) is 55.6 Å². The molecule has 0 atom stereocenters. The van der Waals surface area contributed by atoms with Gasteiger partial charge < -0.3 is 24.3 Å². The van der Waals surface area contributed by atoms with Gasteiger partial charge in [-0.25, -0.2) is 8.42 Å². The molecular weight excluding hydrogens is 478 g/mol. The number of aromatic nitrogens is 2. The highest BCUT2D eigenvalue weighted by molar-refractivity contribution is 7.90. The maximum absolute atomic E-state index is 12.6. The zero-order valence-corrected chi connectivity index (χ0v) is 21.8. The molecule has 36 heavy (non-hydrogen) atoms. The van der Waals surface area contributed by atoms with Crippen LogP contribution in [0.25, 0.3) is 22.0 Å². The number of fused-ring (bicyclic) bond motifs is 1. The number of nitrogens with one attached hydrogen (secondary N) is 2. The number of H-pyrrole nitrogens is 1. The molecule has 1 saturated carbocycles. The summed E-state index contributed by atoms with van der Waals surface area (Å²) in [6.07, 6.45) is 7.82. The smallest absolute Gasteiger partial charge is 0.274 e. The molecule has 3 aromatic rings. The molecule has 5 rings (SSSR count). The Morgan fingerprint density at radius 3 is 2.61 bits per heavy atom. The summed E-state index contributed by atoms with van der Waals surface area (Å²) in [5.41, 5.74) is 2.73. The molecule has 9 heteroatoms. The fourth-order valence-corrected chi connectivity index (χ4v) is 5.96. The second kappa shape index (κ2) is 10.4. The molecular formula is C27H35N3O5S. The molecule has 1 aromatic carbocycles. The maximum atomic E-state index is 12.6. The molecule has 2 aliphatic rings. The molecule has 0 bridgehead atoms. The summed E-state index contributed by atoms with van der Waals surface area (Å²) in [5, 5.41) is 4.18. The van der Waals surface area contributed by atoms with Gasteiger partial charge >= 0.3 is 0 Å². The van der Waals surface area contributed by atoms with Crippen LogP contribution in [-0.2, 0) is 27.4 Å². The first kappa shape index (κ1) is 25.0. The first-order chi connectivity index (χ1) is 17.3. The van der Waals surface area contributed by atoms with Crippen LogP contribution in [0.2, 0.25) is 0 Å².